The van der Waals surface area contributed by atoms with Gasteiger partial charge >= 0.3 is 0 Å². The van der Waals surface area contributed by atoms with Gasteiger partial charge in [0.2, 0.25) is 11.8 Å². The van der Waals surface area contributed by atoms with E-state index in [1.165, 1.54) is 18.1 Å². The fourth-order valence-electron chi connectivity index (χ4n) is 3.08. The van der Waals surface area contributed by atoms with Crippen molar-refractivity contribution in [2.75, 3.05) is 13.7 Å². The molecule has 9 heteroatoms. The predicted octanol–water partition coefficient (Wildman–Crippen LogP) is 1.82. The molecule has 162 valence electrons. The Morgan fingerprint density at radius 2 is 1.48 bits per heavy atom. The third kappa shape index (κ3) is 5.19. The molecule has 1 heterocycles. The Hall–Kier alpha value is -3.88. The minimum absolute atomic E-state index is 0.176. The van der Waals surface area contributed by atoms with Gasteiger partial charge in [-0.3, -0.25) is 34.9 Å². The highest BCUT2D eigenvalue weighted by atomic mass is 16.5. The number of nitrogens with one attached hydrogen (secondary N) is 2. The topological polar surface area (TPSA) is 114 Å². The van der Waals surface area contributed by atoms with Gasteiger partial charge in [-0.05, 0) is 42.8 Å². The highest BCUT2D eigenvalue weighted by Crippen LogP contribution is 2.27. The molecule has 0 saturated carbocycles. The van der Waals surface area contributed by atoms with E-state index in [0.717, 1.165) is 5.56 Å². The van der Waals surface area contributed by atoms with Crippen LogP contribution in [0.2, 0.25) is 0 Å². The van der Waals surface area contributed by atoms with Gasteiger partial charge in [0.1, 0.15) is 0 Å². The monoisotopic (exact) mass is 425 g/mol. The second kappa shape index (κ2) is 9.75. The minimum atomic E-state index is -0.516. The number of carbonyl (C=O) groups is 4. The second-order valence-electron chi connectivity index (χ2n) is 6.78. The second-order valence-corrected chi connectivity index (χ2v) is 6.78. The Morgan fingerprint density at radius 1 is 0.903 bits per heavy atom. The summed E-state index contributed by atoms with van der Waals surface area (Å²) in [4.78, 5) is 49.3. The summed E-state index contributed by atoms with van der Waals surface area (Å²) in [6.45, 7) is 2.48. The zero-order valence-electron chi connectivity index (χ0n) is 17.3. The summed E-state index contributed by atoms with van der Waals surface area (Å²) in [6, 6.07) is 11.1. The number of methoxy groups -OCH3 is 1. The first-order valence-corrected chi connectivity index (χ1v) is 9.76. The normalized spacial score (nSPS) is 13.2. The summed E-state index contributed by atoms with van der Waals surface area (Å²) in [5.41, 5.74) is 6.03. The highest BCUT2D eigenvalue weighted by Gasteiger charge is 2.28. The van der Waals surface area contributed by atoms with Gasteiger partial charge in [-0.25, -0.2) is 0 Å². The van der Waals surface area contributed by atoms with Crippen molar-refractivity contribution in [1.29, 1.82) is 0 Å². The third-order valence-corrected chi connectivity index (χ3v) is 4.73. The number of nitrogens with zero attached hydrogens (tertiary/aromatic N) is 1. The van der Waals surface area contributed by atoms with Crippen LogP contribution in [0.5, 0.6) is 11.5 Å². The van der Waals surface area contributed by atoms with E-state index >= 15 is 0 Å². The molecule has 0 atom stereocenters. The Labute approximate surface area is 179 Å². The molecule has 3 rings (SSSR count). The fraction of sp³-hybridized carbons (Fsp3) is 0.273. The maximum absolute atomic E-state index is 12.3. The SMILES string of the molecule is CCOc1ccc(C(=O)NNC(=O)c2ccc(CN3C(=O)CCC3=O)cc2)cc1OC. The first kappa shape index (κ1) is 21.8. The van der Waals surface area contributed by atoms with Gasteiger partial charge in [0.15, 0.2) is 11.5 Å². The molecule has 0 aromatic heterocycles. The standard InChI is InChI=1S/C22H23N3O6/c1-3-31-17-9-8-16(12-18(17)30-2)22(29)24-23-21(28)15-6-4-14(5-7-15)13-25-19(26)10-11-20(25)27/h4-9,12H,3,10-11,13H2,1-2H3,(H,23,28)(H,24,29). The van der Waals surface area contributed by atoms with Crippen LogP contribution in [0.4, 0.5) is 0 Å². The van der Waals surface area contributed by atoms with Crippen LogP contribution >= 0.6 is 0 Å². The largest absolute Gasteiger partial charge is 0.493 e. The first-order chi connectivity index (χ1) is 14.9. The molecule has 9 nitrogen and oxygen atoms in total. The molecule has 31 heavy (non-hydrogen) atoms. The molecule has 0 unspecified atom stereocenters. The van der Waals surface area contributed by atoms with Crippen molar-refractivity contribution in [3.63, 3.8) is 0 Å². The van der Waals surface area contributed by atoms with Crippen LogP contribution in [0.25, 0.3) is 0 Å². The molecule has 1 aliphatic heterocycles. The predicted molar refractivity (Wildman–Crippen MR) is 110 cm³/mol. The Bertz CT molecular complexity index is 987. The number of hydrogen-bond donors (Lipinski definition) is 2. The van der Waals surface area contributed by atoms with Gasteiger partial charge in [-0.1, -0.05) is 12.1 Å². The summed E-state index contributed by atoms with van der Waals surface area (Å²) in [5.74, 6) is -0.487. The van der Waals surface area contributed by atoms with Crippen LogP contribution < -0.4 is 20.3 Å². The molecule has 2 N–H and O–H groups in total. The summed E-state index contributed by atoms with van der Waals surface area (Å²) in [6.07, 6.45) is 0.471. The Kier molecular flexibility index (Phi) is 6.86. The van der Waals surface area contributed by atoms with Gasteiger partial charge in [-0.2, -0.15) is 0 Å². The van der Waals surface area contributed by atoms with E-state index in [-0.39, 0.29) is 36.8 Å². The lowest BCUT2D eigenvalue weighted by atomic mass is 10.1. The molecule has 0 bridgehead atoms. The molecule has 0 radical (unpaired) electrons. The lowest BCUT2D eigenvalue weighted by Gasteiger charge is -2.14. The number of rotatable bonds is 7. The van der Waals surface area contributed by atoms with E-state index < -0.39 is 11.8 Å². The molecule has 1 fully saturated rings. The summed E-state index contributed by atoms with van der Waals surface area (Å²) in [5, 5.41) is 0. The third-order valence-electron chi connectivity index (χ3n) is 4.73. The Morgan fingerprint density at radius 3 is 2.06 bits per heavy atom. The van der Waals surface area contributed by atoms with E-state index in [1.54, 1.807) is 36.4 Å². The summed E-state index contributed by atoms with van der Waals surface area (Å²) >= 11 is 0. The van der Waals surface area contributed by atoms with Crippen LogP contribution in [-0.2, 0) is 16.1 Å². The molecule has 1 aliphatic rings. The summed E-state index contributed by atoms with van der Waals surface area (Å²) < 4.78 is 10.6. The molecule has 4 amide bonds. The molecule has 0 spiro atoms. The Balaban J connectivity index is 1.57. The molecule has 2 aromatic carbocycles. The minimum Gasteiger partial charge on any atom is -0.493 e. The van der Waals surface area contributed by atoms with Crippen molar-refractivity contribution in [2.24, 2.45) is 0 Å². The molecule has 1 saturated heterocycles. The van der Waals surface area contributed by atoms with Crippen LogP contribution in [0.15, 0.2) is 42.5 Å². The van der Waals surface area contributed by atoms with Crippen molar-refractivity contribution in [2.45, 2.75) is 26.3 Å². The van der Waals surface area contributed by atoms with Crippen molar-refractivity contribution >= 4 is 23.6 Å². The average molecular weight is 425 g/mol. The quantitative estimate of drug-likeness (QED) is 0.517. The number of hydrogen-bond acceptors (Lipinski definition) is 6. The van der Waals surface area contributed by atoms with E-state index in [4.69, 9.17) is 9.47 Å². The smallest absolute Gasteiger partial charge is 0.269 e. The molecular weight excluding hydrogens is 402 g/mol. The maximum Gasteiger partial charge on any atom is 0.269 e. The number of imide groups is 1. The lowest BCUT2D eigenvalue weighted by molar-refractivity contribution is -0.139. The van der Waals surface area contributed by atoms with E-state index in [1.807, 2.05) is 6.92 Å². The van der Waals surface area contributed by atoms with Crippen LogP contribution in [0.3, 0.4) is 0 Å². The number of amides is 4. The van der Waals surface area contributed by atoms with Gasteiger partial charge in [0.25, 0.3) is 11.8 Å². The zero-order chi connectivity index (χ0) is 22.4. The van der Waals surface area contributed by atoms with Crippen molar-refractivity contribution in [3.05, 3.63) is 59.2 Å². The molecule has 2 aromatic rings. The van der Waals surface area contributed by atoms with Crippen molar-refractivity contribution < 1.29 is 28.7 Å². The van der Waals surface area contributed by atoms with Crippen molar-refractivity contribution in [1.82, 2.24) is 15.8 Å². The number of hydrazine groups is 1. The van der Waals surface area contributed by atoms with Gasteiger partial charge in [-0.15, -0.1) is 0 Å². The van der Waals surface area contributed by atoms with Crippen molar-refractivity contribution in [3.8, 4) is 11.5 Å². The van der Waals surface area contributed by atoms with E-state index in [0.29, 0.717) is 23.7 Å². The van der Waals surface area contributed by atoms with E-state index in [2.05, 4.69) is 10.9 Å². The first-order valence-electron chi connectivity index (χ1n) is 9.76. The van der Waals surface area contributed by atoms with Gasteiger partial charge in [0, 0.05) is 24.0 Å². The van der Waals surface area contributed by atoms with Crippen LogP contribution in [0.1, 0.15) is 46.0 Å². The molecular formula is C22H23N3O6. The fourth-order valence-corrected chi connectivity index (χ4v) is 3.08. The van der Waals surface area contributed by atoms with Gasteiger partial charge < -0.3 is 9.47 Å². The molecule has 0 aliphatic carbocycles. The number of benzene rings is 2. The maximum atomic E-state index is 12.3. The average Bonchev–Trinajstić information content (AvgIpc) is 3.10. The van der Waals surface area contributed by atoms with Crippen LogP contribution in [0, 0.1) is 0 Å². The number of carbonyl (C=O) groups excluding carboxylic acids is 4. The number of likely N-dealkylation sites (tertiary alicyclic amines) is 1. The van der Waals surface area contributed by atoms with Gasteiger partial charge in [0.05, 0.1) is 20.3 Å². The summed E-state index contributed by atoms with van der Waals surface area (Å²) in [7, 11) is 1.47. The number of ether oxygens (including phenoxy) is 2. The van der Waals surface area contributed by atoms with E-state index in [9.17, 15) is 19.2 Å². The van der Waals surface area contributed by atoms with Crippen LogP contribution in [-0.4, -0.2) is 42.2 Å². The highest BCUT2D eigenvalue weighted by molar-refractivity contribution is 6.02. The zero-order valence-corrected chi connectivity index (χ0v) is 17.3. The lowest BCUT2D eigenvalue weighted by Crippen LogP contribution is -2.41.